The van der Waals surface area contributed by atoms with E-state index in [4.69, 9.17) is 10.2 Å². The summed E-state index contributed by atoms with van der Waals surface area (Å²) in [6, 6.07) is 10.4. The standard InChI is InChI=1S/C21H22N2O5S2/c24-5-7-29-11-19(26)22-13-1-3-15-16-4-2-14(23-20(27)12-30-8-6-25)10-18(16)21(28)17(15)9-13/h1-4,9-10,24-25H,5-8,11-12H2,(H,22,26)(H,23,27). The molecule has 0 fully saturated rings. The maximum absolute atomic E-state index is 12.9. The van der Waals surface area contributed by atoms with E-state index in [1.165, 1.54) is 23.5 Å². The van der Waals surface area contributed by atoms with E-state index in [1.807, 2.05) is 0 Å². The van der Waals surface area contributed by atoms with Crippen molar-refractivity contribution in [3.05, 3.63) is 47.5 Å². The molecule has 0 saturated carbocycles. The zero-order valence-corrected chi connectivity index (χ0v) is 17.8. The van der Waals surface area contributed by atoms with E-state index in [-0.39, 0.29) is 42.3 Å². The van der Waals surface area contributed by atoms with Gasteiger partial charge in [-0.2, -0.15) is 0 Å². The molecule has 0 radical (unpaired) electrons. The fourth-order valence-corrected chi connectivity index (χ4v) is 4.15. The fraction of sp³-hybridized carbons (Fsp3) is 0.286. The Morgan fingerprint density at radius 2 is 1.17 bits per heavy atom. The second-order valence-electron chi connectivity index (χ2n) is 6.50. The Labute approximate surface area is 182 Å². The summed E-state index contributed by atoms with van der Waals surface area (Å²) < 4.78 is 0. The Morgan fingerprint density at radius 1 is 0.733 bits per heavy atom. The van der Waals surface area contributed by atoms with Crippen molar-refractivity contribution >= 4 is 52.5 Å². The second-order valence-corrected chi connectivity index (χ2v) is 8.71. The third kappa shape index (κ3) is 5.42. The van der Waals surface area contributed by atoms with Gasteiger partial charge in [-0.3, -0.25) is 14.4 Å². The van der Waals surface area contributed by atoms with Crippen LogP contribution in [0.2, 0.25) is 0 Å². The highest BCUT2D eigenvalue weighted by Crippen LogP contribution is 2.39. The van der Waals surface area contributed by atoms with Gasteiger partial charge in [0, 0.05) is 34.0 Å². The van der Waals surface area contributed by atoms with Crippen molar-refractivity contribution in [3.63, 3.8) is 0 Å². The van der Waals surface area contributed by atoms with Crippen LogP contribution in [-0.2, 0) is 9.59 Å². The summed E-state index contributed by atoms with van der Waals surface area (Å²) in [4.78, 5) is 36.8. The van der Waals surface area contributed by atoms with E-state index >= 15 is 0 Å². The van der Waals surface area contributed by atoms with Crippen LogP contribution in [0.5, 0.6) is 0 Å². The molecule has 0 aliphatic heterocycles. The highest BCUT2D eigenvalue weighted by atomic mass is 32.2. The number of rotatable bonds is 10. The first-order valence-corrected chi connectivity index (χ1v) is 11.6. The summed E-state index contributed by atoms with van der Waals surface area (Å²) in [5.41, 5.74) is 3.68. The van der Waals surface area contributed by atoms with Gasteiger partial charge in [-0.15, -0.1) is 23.5 Å². The number of carbonyl (C=O) groups excluding carboxylic acids is 3. The highest BCUT2D eigenvalue weighted by Gasteiger charge is 2.27. The topological polar surface area (TPSA) is 116 Å². The van der Waals surface area contributed by atoms with Gasteiger partial charge in [0.15, 0.2) is 5.78 Å². The van der Waals surface area contributed by atoms with Crippen LogP contribution >= 0.6 is 23.5 Å². The molecule has 158 valence electrons. The van der Waals surface area contributed by atoms with Gasteiger partial charge < -0.3 is 20.8 Å². The minimum atomic E-state index is -0.194. The number of aliphatic hydroxyl groups is 2. The Bertz CT molecular complexity index is 889. The number of carbonyl (C=O) groups is 3. The number of amides is 2. The first kappa shape index (κ1) is 22.4. The number of nitrogens with one attached hydrogen (secondary N) is 2. The smallest absolute Gasteiger partial charge is 0.234 e. The first-order chi connectivity index (χ1) is 14.5. The summed E-state index contributed by atoms with van der Waals surface area (Å²) in [6.07, 6.45) is 0. The Morgan fingerprint density at radius 3 is 1.57 bits per heavy atom. The zero-order valence-electron chi connectivity index (χ0n) is 16.1. The van der Waals surface area contributed by atoms with Crippen molar-refractivity contribution in [1.82, 2.24) is 0 Å². The third-order valence-corrected chi connectivity index (χ3v) is 6.20. The summed E-state index contributed by atoms with van der Waals surface area (Å²) >= 11 is 2.66. The van der Waals surface area contributed by atoms with E-state index in [2.05, 4.69) is 10.6 Å². The number of aliphatic hydroxyl groups excluding tert-OH is 2. The van der Waals surface area contributed by atoms with Crippen molar-refractivity contribution in [2.24, 2.45) is 0 Å². The van der Waals surface area contributed by atoms with Crippen molar-refractivity contribution in [2.75, 3.05) is 46.9 Å². The Kier molecular flexibility index (Phi) is 7.92. The van der Waals surface area contributed by atoms with Crippen molar-refractivity contribution in [2.45, 2.75) is 0 Å². The van der Waals surface area contributed by atoms with E-state index in [9.17, 15) is 14.4 Å². The predicted molar refractivity (Wildman–Crippen MR) is 121 cm³/mol. The zero-order chi connectivity index (χ0) is 21.5. The molecule has 0 atom stereocenters. The average molecular weight is 447 g/mol. The lowest BCUT2D eigenvalue weighted by Crippen LogP contribution is -2.15. The molecule has 7 nitrogen and oxygen atoms in total. The first-order valence-electron chi connectivity index (χ1n) is 9.33. The minimum absolute atomic E-state index is 0.0213. The largest absolute Gasteiger partial charge is 0.396 e. The van der Waals surface area contributed by atoms with Gasteiger partial charge in [-0.25, -0.2) is 0 Å². The van der Waals surface area contributed by atoms with Crippen LogP contribution in [0, 0.1) is 0 Å². The number of hydrogen-bond donors (Lipinski definition) is 4. The molecule has 0 aromatic heterocycles. The van der Waals surface area contributed by atoms with Gasteiger partial charge in [0.1, 0.15) is 0 Å². The van der Waals surface area contributed by atoms with Gasteiger partial charge >= 0.3 is 0 Å². The van der Waals surface area contributed by atoms with Gasteiger partial charge in [0.2, 0.25) is 11.8 Å². The lowest BCUT2D eigenvalue weighted by molar-refractivity contribution is -0.114. The second kappa shape index (κ2) is 10.6. The lowest BCUT2D eigenvalue weighted by atomic mass is 10.0. The minimum Gasteiger partial charge on any atom is -0.396 e. The van der Waals surface area contributed by atoms with E-state index in [1.54, 1.807) is 36.4 Å². The van der Waals surface area contributed by atoms with Crippen LogP contribution in [0.25, 0.3) is 11.1 Å². The Hall–Kier alpha value is -2.33. The number of thioether (sulfide) groups is 2. The summed E-state index contributed by atoms with van der Waals surface area (Å²) in [5, 5.41) is 23.1. The molecular weight excluding hydrogens is 424 g/mol. The van der Waals surface area contributed by atoms with Crippen molar-refractivity contribution < 1.29 is 24.6 Å². The average Bonchev–Trinajstić information content (AvgIpc) is 3.00. The molecule has 0 unspecified atom stereocenters. The molecular formula is C21H22N2O5S2. The molecule has 2 amide bonds. The van der Waals surface area contributed by atoms with Crippen LogP contribution in [-0.4, -0.2) is 64.0 Å². The number of benzene rings is 2. The molecule has 2 aromatic rings. The maximum atomic E-state index is 12.9. The molecule has 1 aliphatic carbocycles. The molecule has 9 heteroatoms. The van der Waals surface area contributed by atoms with Crippen molar-refractivity contribution in [1.29, 1.82) is 0 Å². The molecule has 4 N–H and O–H groups in total. The normalized spacial score (nSPS) is 11.7. The molecule has 0 spiro atoms. The van der Waals surface area contributed by atoms with Crippen LogP contribution in [0.15, 0.2) is 36.4 Å². The molecule has 1 aliphatic rings. The van der Waals surface area contributed by atoms with Crippen LogP contribution in [0.1, 0.15) is 15.9 Å². The number of hydrogen-bond acceptors (Lipinski definition) is 7. The Balaban J connectivity index is 1.70. The lowest BCUT2D eigenvalue weighted by Gasteiger charge is -2.07. The van der Waals surface area contributed by atoms with Gasteiger partial charge in [0.05, 0.1) is 24.7 Å². The molecule has 2 aromatic carbocycles. The molecule has 0 saturated heterocycles. The molecule has 3 rings (SSSR count). The number of fused-ring (bicyclic) bond motifs is 3. The molecule has 0 bridgehead atoms. The van der Waals surface area contributed by atoms with Crippen LogP contribution in [0.3, 0.4) is 0 Å². The summed E-state index contributed by atoms with van der Waals surface area (Å²) in [7, 11) is 0. The van der Waals surface area contributed by atoms with Crippen molar-refractivity contribution in [3.8, 4) is 11.1 Å². The van der Waals surface area contributed by atoms with E-state index < -0.39 is 0 Å². The van der Waals surface area contributed by atoms with Crippen LogP contribution < -0.4 is 10.6 Å². The molecule has 0 heterocycles. The summed E-state index contributed by atoms with van der Waals surface area (Å²) in [5.74, 6) is 0.892. The SMILES string of the molecule is O=C(CSCCO)Nc1ccc2c(c1)C(=O)c1cc(NC(=O)CSCCO)ccc1-2. The van der Waals surface area contributed by atoms with Gasteiger partial charge in [-0.05, 0) is 35.4 Å². The monoisotopic (exact) mass is 446 g/mol. The van der Waals surface area contributed by atoms with E-state index in [0.29, 0.717) is 34.0 Å². The number of anilines is 2. The van der Waals surface area contributed by atoms with Gasteiger partial charge in [-0.1, -0.05) is 12.1 Å². The highest BCUT2D eigenvalue weighted by molar-refractivity contribution is 8.00. The maximum Gasteiger partial charge on any atom is 0.234 e. The number of ketones is 1. The molecule has 30 heavy (non-hydrogen) atoms. The third-order valence-electron chi connectivity index (χ3n) is 4.32. The van der Waals surface area contributed by atoms with E-state index in [0.717, 1.165) is 11.1 Å². The fourth-order valence-electron chi connectivity index (χ4n) is 3.09. The predicted octanol–water partition coefficient (Wildman–Crippen LogP) is 2.23. The summed E-state index contributed by atoms with van der Waals surface area (Å²) in [6.45, 7) is 0.0426. The van der Waals surface area contributed by atoms with Gasteiger partial charge in [0.25, 0.3) is 0 Å². The van der Waals surface area contributed by atoms with Crippen LogP contribution in [0.4, 0.5) is 11.4 Å². The quantitative estimate of drug-likeness (QED) is 0.353.